The summed E-state index contributed by atoms with van der Waals surface area (Å²) in [4.78, 5) is 43.3. The van der Waals surface area contributed by atoms with Crippen LogP contribution in [-0.4, -0.2) is 84.4 Å². The molecule has 258 valence electrons. The number of halogens is 1. The number of likely N-dealkylation sites (N-methyl/N-ethyl adjacent to an activating group) is 1. The van der Waals surface area contributed by atoms with E-state index in [9.17, 15) is 23.9 Å². The average molecular weight is 663 g/mol. The van der Waals surface area contributed by atoms with E-state index in [4.69, 9.17) is 9.47 Å². The molecule has 0 fully saturated rings. The second kappa shape index (κ2) is 17.6. The van der Waals surface area contributed by atoms with Crippen molar-refractivity contribution in [3.63, 3.8) is 0 Å². The van der Waals surface area contributed by atoms with Gasteiger partial charge in [-0.1, -0.05) is 37.3 Å². The molecule has 1 heterocycles. The monoisotopic (exact) mass is 662 g/mol. The molecule has 3 aromatic carbocycles. The van der Waals surface area contributed by atoms with E-state index in [0.717, 1.165) is 24.8 Å². The molecule has 3 N–H and O–H groups in total. The van der Waals surface area contributed by atoms with Gasteiger partial charge in [-0.3, -0.25) is 9.59 Å². The van der Waals surface area contributed by atoms with E-state index in [0.29, 0.717) is 23.7 Å². The number of ether oxygens (including phenoxy) is 2. The number of fused-ring (bicyclic) bond motifs is 1. The predicted octanol–water partition coefficient (Wildman–Crippen LogP) is 5.97. The van der Waals surface area contributed by atoms with E-state index >= 15 is 0 Å². The van der Waals surface area contributed by atoms with Gasteiger partial charge in [0.1, 0.15) is 11.6 Å². The van der Waals surface area contributed by atoms with Crippen LogP contribution >= 0.6 is 0 Å². The molecule has 0 saturated heterocycles. The zero-order chi connectivity index (χ0) is 34.6. The Morgan fingerprint density at radius 2 is 1.73 bits per heavy atom. The Bertz CT molecular complexity index is 1510. The molecule has 0 bridgehead atoms. The molecular weight excluding hydrogens is 615 g/mol. The number of hydrogen-bond donors (Lipinski definition) is 3. The molecule has 1 aliphatic rings. The standard InChI is InChI=1S/C37H47FN4O6/c1-25-22-42(26(2)24-43)36(45)32-21-31(39-35(44)20-28-11-6-5-7-12-28)17-18-33(32)48-27(3)10-8-9-19-47-34(25)23-41(4)37(46)40-30-15-13-29(38)14-16-30/h5-7,11-18,21,25-27,34,43H,8-10,19-20,22-24H2,1-4H3,(H,39,44)(H,40,46)/t25-,26-,27+,34+/m0/s1. The second-order valence-corrected chi connectivity index (χ2v) is 12.5. The SMILES string of the molecule is C[C@@H]1CCCCO[C@H](CN(C)C(=O)Nc2ccc(F)cc2)[C@@H](C)CN([C@@H](C)CO)C(=O)c2cc(NC(=O)Cc3ccccc3)ccc2O1. The van der Waals surface area contributed by atoms with Crippen LogP contribution in [0.2, 0.25) is 0 Å². The lowest BCUT2D eigenvalue weighted by Crippen LogP contribution is -2.48. The third-order valence-corrected chi connectivity index (χ3v) is 8.44. The fraction of sp³-hybridized carbons (Fsp3) is 0.432. The first-order chi connectivity index (χ1) is 23.0. The number of hydrogen-bond acceptors (Lipinski definition) is 6. The van der Waals surface area contributed by atoms with Gasteiger partial charge in [-0.15, -0.1) is 0 Å². The zero-order valence-electron chi connectivity index (χ0n) is 28.2. The predicted molar refractivity (Wildman–Crippen MR) is 184 cm³/mol. The smallest absolute Gasteiger partial charge is 0.321 e. The number of benzene rings is 3. The topological polar surface area (TPSA) is 120 Å². The average Bonchev–Trinajstić information content (AvgIpc) is 3.07. The van der Waals surface area contributed by atoms with Gasteiger partial charge in [0.2, 0.25) is 5.91 Å². The molecule has 0 saturated carbocycles. The van der Waals surface area contributed by atoms with E-state index in [1.54, 1.807) is 37.1 Å². The van der Waals surface area contributed by atoms with Crippen molar-refractivity contribution in [1.29, 1.82) is 0 Å². The van der Waals surface area contributed by atoms with Crippen LogP contribution in [0, 0.1) is 11.7 Å². The number of urea groups is 1. The van der Waals surface area contributed by atoms with E-state index < -0.39 is 18.0 Å². The van der Waals surface area contributed by atoms with Crippen molar-refractivity contribution >= 4 is 29.2 Å². The summed E-state index contributed by atoms with van der Waals surface area (Å²) in [5.41, 5.74) is 2.07. The number of amides is 4. The summed E-state index contributed by atoms with van der Waals surface area (Å²) in [6, 6.07) is 19.1. The fourth-order valence-corrected chi connectivity index (χ4v) is 5.55. The second-order valence-electron chi connectivity index (χ2n) is 12.5. The Balaban J connectivity index is 1.57. The number of anilines is 2. The van der Waals surface area contributed by atoms with Crippen LogP contribution in [0.3, 0.4) is 0 Å². The van der Waals surface area contributed by atoms with Crippen molar-refractivity contribution in [2.45, 2.75) is 64.7 Å². The number of carbonyl (C=O) groups excluding carboxylic acids is 3. The Morgan fingerprint density at radius 3 is 2.44 bits per heavy atom. The lowest BCUT2D eigenvalue weighted by molar-refractivity contribution is -0.115. The minimum atomic E-state index is -0.547. The number of nitrogens with zero attached hydrogens (tertiary/aromatic N) is 2. The van der Waals surface area contributed by atoms with Crippen LogP contribution in [-0.2, 0) is 16.0 Å². The van der Waals surface area contributed by atoms with Crippen LogP contribution < -0.4 is 15.4 Å². The number of carbonyl (C=O) groups is 3. The van der Waals surface area contributed by atoms with Gasteiger partial charge in [0.25, 0.3) is 5.91 Å². The highest BCUT2D eigenvalue weighted by Crippen LogP contribution is 2.29. The van der Waals surface area contributed by atoms with Gasteiger partial charge in [0, 0.05) is 44.0 Å². The Hall–Kier alpha value is -4.48. The molecule has 3 aromatic rings. The molecule has 0 radical (unpaired) electrons. The molecular formula is C37H47FN4O6. The minimum Gasteiger partial charge on any atom is -0.490 e. The van der Waals surface area contributed by atoms with E-state index in [1.165, 1.54) is 29.2 Å². The van der Waals surface area contributed by atoms with Crippen LogP contribution in [0.4, 0.5) is 20.6 Å². The highest BCUT2D eigenvalue weighted by Gasteiger charge is 2.31. The van der Waals surface area contributed by atoms with Crippen molar-refractivity contribution in [3.05, 3.63) is 89.7 Å². The van der Waals surface area contributed by atoms with E-state index in [1.807, 2.05) is 44.2 Å². The van der Waals surface area contributed by atoms with Gasteiger partial charge < -0.3 is 35.0 Å². The third kappa shape index (κ3) is 10.5. The molecule has 0 aromatic heterocycles. The molecule has 0 unspecified atom stereocenters. The van der Waals surface area contributed by atoms with Crippen LogP contribution in [0.25, 0.3) is 0 Å². The molecule has 0 aliphatic carbocycles. The lowest BCUT2D eigenvalue weighted by Gasteiger charge is -2.35. The largest absolute Gasteiger partial charge is 0.490 e. The zero-order valence-corrected chi connectivity index (χ0v) is 28.2. The maximum atomic E-state index is 14.3. The van der Waals surface area contributed by atoms with Crippen LogP contribution in [0.15, 0.2) is 72.8 Å². The van der Waals surface area contributed by atoms with Gasteiger partial charge in [0.15, 0.2) is 0 Å². The summed E-state index contributed by atoms with van der Waals surface area (Å²) in [5.74, 6) is -0.817. The van der Waals surface area contributed by atoms with Crippen molar-refractivity contribution in [1.82, 2.24) is 9.80 Å². The Morgan fingerprint density at radius 1 is 1.02 bits per heavy atom. The first kappa shape index (κ1) is 36.4. The summed E-state index contributed by atoms with van der Waals surface area (Å²) >= 11 is 0. The molecule has 1 aliphatic heterocycles. The quantitative estimate of drug-likeness (QED) is 0.274. The first-order valence-electron chi connectivity index (χ1n) is 16.5. The van der Waals surface area contributed by atoms with Crippen LogP contribution in [0.1, 0.15) is 56.0 Å². The van der Waals surface area contributed by atoms with Gasteiger partial charge in [-0.05, 0) is 81.1 Å². The molecule has 11 heteroatoms. The van der Waals surface area contributed by atoms with Crippen molar-refractivity contribution < 1.29 is 33.4 Å². The minimum absolute atomic E-state index is 0.183. The van der Waals surface area contributed by atoms with E-state index in [-0.39, 0.29) is 61.5 Å². The molecule has 4 amide bonds. The molecule has 0 spiro atoms. The van der Waals surface area contributed by atoms with Crippen molar-refractivity contribution in [3.8, 4) is 5.75 Å². The third-order valence-electron chi connectivity index (χ3n) is 8.44. The number of aliphatic hydroxyl groups excluding tert-OH is 1. The van der Waals surface area contributed by atoms with Gasteiger partial charge >= 0.3 is 6.03 Å². The molecule has 48 heavy (non-hydrogen) atoms. The molecule has 10 nitrogen and oxygen atoms in total. The van der Waals surface area contributed by atoms with E-state index in [2.05, 4.69) is 10.6 Å². The lowest BCUT2D eigenvalue weighted by atomic mass is 10.0. The first-order valence-corrected chi connectivity index (χ1v) is 16.5. The Labute approximate surface area is 282 Å². The summed E-state index contributed by atoms with van der Waals surface area (Å²) < 4.78 is 26.0. The van der Waals surface area contributed by atoms with Gasteiger partial charge in [0.05, 0.1) is 36.8 Å². The maximum Gasteiger partial charge on any atom is 0.321 e. The van der Waals surface area contributed by atoms with Gasteiger partial charge in [-0.2, -0.15) is 0 Å². The number of rotatable bonds is 8. The summed E-state index contributed by atoms with van der Waals surface area (Å²) in [6.45, 7) is 6.30. The highest BCUT2D eigenvalue weighted by atomic mass is 19.1. The molecule has 4 atom stereocenters. The van der Waals surface area contributed by atoms with Crippen molar-refractivity contribution in [2.24, 2.45) is 5.92 Å². The summed E-state index contributed by atoms with van der Waals surface area (Å²) in [6.07, 6.45) is 1.88. The maximum absolute atomic E-state index is 14.3. The molecule has 4 rings (SSSR count). The van der Waals surface area contributed by atoms with Gasteiger partial charge in [-0.25, -0.2) is 9.18 Å². The van der Waals surface area contributed by atoms with Crippen molar-refractivity contribution in [2.75, 3.05) is 44.0 Å². The highest BCUT2D eigenvalue weighted by molar-refractivity contribution is 6.00. The fourth-order valence-electron chi connectivity index (χ4n) is 5.55. The number of aliphatic hydroxyl groups is 1. The number of nitrogens with one attached hydrogen (secondary N) is 2. The summed E-state index contributed by atoms with van der Waals surface area (Å²) in [5, 5.41) is 15.9. The normalized spacial score (nSPS) is 19.7. The Kier molecular flexibility index (Phi) is 13.3. The van der Waals surface area contributed by atoms with Crippen LogP contribution in [0.5, 0.6) is 5.75 Å². The summed E-state index contributed by atoms with van der Waals surface area (Å²) in [7, 11) is 1.66.